The van der Waals surface area contributed by atoms with Crippen molar-refractivity contribution in [2.24, 2.45) is 5.92 Å². The number of amides is 1. The molecule has 32 heavy (non-hydrogen) atoms. The summed E-state index contributed by atoms with van der Waals surface area (Å²) >= 11 is 0. The maximum atomic E-state index is 13.8. The summed E-state index contributed by atoms with van der Waals surface area (Å²) < 4.78 is 19.0. The minimum Gasteiger partial charge on any atom is -0.477 e. The Morgan fingerprint density at radius 1 is 1.19 bits per heavy atom. The SMILES string of the molecule is CCC1[C@@H](COc2ccc(F)cn2)CCCN1C(=O)c1cc(C)ccc1-c1ccncc1. The number of benzene rings is 1. The van der Waals surface area contributed by atoms with E-state index in [2.05, 4.69) is 16.9 Å². The van der Waals surface area contributed by atoms with Crippen LogP contribution < -0.4 is 4.74 Å². The Morgan fingerprint density at radius 2 is 2.00 bits per heavy atom. The van der Waals surface area contributed by atoms with Gasteiger partial charge in [-0.15, -0.1) is 0 Å². The van der Waals surface area contributed by atoms with E-state index in [1.807, 2.05) is 42.2 Å². The summed E-state index contributed by atoms with van der Waals surface area (Å²) in [6.07, 6.45) is 7.39. The lowest BCUT2D eigenvalue weighted by atomic mass is 9.87. The molecule has 2 aromatic heterocycles. The van der Waals surface area contributed by atoms with Crippen LogP contribution in [0.5, 0.6) is 5.88 Å². The minimum atomic E-state index is -0.388. The summed E-state index contributed by atoms with van der Waals surface area (Å²) in [6, 6.07) is 12.8. The number of aromatic nitrogens is 2. The van der Waals surface area contributed by atoms with Crippen molar-refractivity contribution >= 4 is 5.91 Å². The number of likely N-dealkylation sites (tertiary alicyclic amines) is 1. The zero-order valence-electron chi connectivity index (χ0n) is 18.5. The Labute approximate surface area is 188 Å². The van der Waals surface area contributed by atoms with E-state index in [9.17, 15) is 9.18 Å². The molecule has 0 radical (unpaired) electrons. The van der Waals surface area contributed by atoms with Crippen LogP contribution in [0, 0.1) is 18.7 Å². The summed E-state index contributed by atoms with van der Waals surface area (Å²) in [6.45, 7) is 5.30. The largest absolute Gasteiger partial charge is 0.477 e. The first-order chi connectivity index (χ1) is 15.6. The van der Waals surface area contributed by atoms with Gasteiger partial charge >= 0.3 is 0 Å². The first-order valence-electron chi connectivity index (χ1n) is 11.1. The Kier molecular flexibility index (Phi) is 6.78. The fourth-order valence-electron chi connectivity index (χ4n) is 4.55. The first-order valence-corrected chi connectivity index (χ1v) is 11.1. The molecule has 5 nitrogen and oxygen atoms in total. The van der Waals surface area contributed by atoms with Gasteiger partial charge in [-0.3, -0.25) is 9.78 Å². The predicted molar refractivity (Wildman–Crippen MR) is 122 cm³/mol. The topological polar surface area (TPSA) is 55.3 Å². The fraction of sp³-hybridized carbons (Fsp3) is 0.346. The molecule has 1 aliphatic heterocycles. The third-order valence-electron chi connectivity index (χ3n) is 6.14. The van der Waals surface area contributed by atoms with Gasteiger partial charge in [0.15, 0.2) is 0 Å². The molecule has 1 amide bonds. The summed E-state index contributed by atoms with van der Waals surface area (Å²) in [5.41, 5.74) is 3.68. The van der Waals surface area contributed by atoms with Gasteiger partial charge in [-0.2, -0.15) is 0 Å². The quantitative estimate of drug-likeness (QED) is 0.529. The number of hydrogen-bond acceptors (Lipinski definition) is 4. The number of aryl methyl sites for hydroxylation is 1. The molecule has 1 fully saturated rings. The highest BCUT2D eigenvalue weighted by Gasteiger charge is 2.34. The molecule has 1 aliphatic rings. The highest BCUT2D eigenvalue weighted by Crippen LogP contribution is 2.31. The number of carbonyl (C=O) groups is 1. The van der Waals surface area contributed by atoms with Crippen LogP contribution in [0.3, 0.4) is 0 Å². The predicted octanol–water partition coefficient (Wildman–Crippen LogP) is 5.30. The summed E-state index contributed by atoms with van der Waals surface area (Å²) in [5, 5.41) is 0. The number of rotatable bonds is 6. The smallest absolute Gasteiger partial charge is 0.254 e. The van der Waals surface area contributed by atoms with E-state index in [-0.39, 0.29) is 23.7 Å². The molecular weight excluding hydrogens is 405 g/mol. The molecule has 0 aliphatic carbocycles. The van der Waals surface area contributed by atoms with Crippen LogP contribution in [0.4, 0.5) is 4.39 Å². The Hall–Kier alpha value is -3.28. The highest BCUT2D eigenvalue weighted by atomic mass is 19.1. The maximum Gasteiger partial charge on any atom is 0.254 e. The van der Waals surface area contributed by atoms with Crippen LogP contribution >= 0.6 is 0 Å². The second-order valence-electron chi connectivity index (χ2n) is 8.29. The molecule has 4 rings (SSSR count). The van der Waals surface area contributed by atoms with E-state index in [1.54, 1.807) is 12.4 Å². The van der Waals surface area contributed by atoms with E-state index in [0.717, 1.165) is 54.3 Å². The van der Waals surface area contributed by atoms with E-state index >= 15 is 0 Å². The molecular formula is C26H28FN3O2. The molecule has 0 N–H and O–H groups in total. The molecule has 3 heterocycles. The average molecular weight is 434 g/mol. The van der Waals surface area contributed by atoms with Crippen molar-refractivity contribution < 1.29 is 13.9 Å². The highest BCUT2D eigenvalue weighted by molar-refractivity contribution is 6.01. The molecule has 166 valence electrons. The third kappa shape index (κ3) is 4.79. The number of ether oxygens (including phenoxy) is 1. The number of pyridine rings is 2. The van der Waals surface area contributed by atoms with Gasteiger partial charge in [0.2, 0.25) is 5.88 Å². The Morgan fingerprint density at radius 3 is 2.72 bits per heavy atom. The zero-order valence-corrected chi connectivity index (χ0v) is 18.5. The molecule has 0 spiro atoms. The maximum absolute atomic E-state index is 13.8. The molecule has 0 saturated carbocycles. The summed E-state index contributed by atoms with van der Waals surface area (Å²) in [5.74, 6) is 0.264. The van der Waals surface area contributed by atoms with Crippen LogP contribution in [0.2, 0.25) is 0 Å². The van der Waals surface area contributed by atoms with Crippen LogP contribution in [0.25, 0.3) is 11.1 Å². The van der Waals surface area contributed by atoms with Crippen molar-refractivity contribution in [3.05, 3.63) is 78.0 Å². The molecule has 6 heteroatoms. The van der Waals surface area contributed by atoms with Gasteiger partial charge < -0.3 is 9.64 Å². The van der Waals surface area contributed by atoms with Gasteiger partial charge in [0.1, 0.15) is 5.82 Å². The molecule has 1 unspecified atom stereocenters. The number of halogens is 1. The Bertz CT molecular complexity index is 1060. The second-order valence-corrected chi connectivity index (χ2v) is 8.29. The van der Waals surface area contributed by atoms with E-state index in [4.69, 9.17) is 4.74 Å². The van der Waals surface area contributed by atoms with Gasteiger partial charge in [0.05, 0.1) is 12.8 Å². The van der Waals surface area contributed by atoms with E-state index in [1.165, 1.54) is 12.1 Å². The summed E-state index contributed by atoms with van der Waals surface area (Å²) in [7, 11) is 0. The lowest BCUT2D eigenvalue weighted by molar-refractivity contribution is 0.0393. The van der Waals surface area contributed by atoms with Crippen molar-refractivity contribution in [3.63, 3.8) is 0 Å². The van der Waals surface area contributed by atoms with E-state index in [0.29, 0.717) is 12.5 Å². The standard InChI is InChI=1S/C26H28FN3O2/c1-3-24-20(17-32-25-9-7-21(27)16-29-25)5-4-14-30(24)26(31)23-15-18(2)6-8-22(23)19-10-12-28-13-11-19/h6-13,15-16,20,24H,3-5,14,17H2,1-2H3/t20-,24?/m1/s1. The minimum absolute atomic E-state index is 0.0527. The van der Waals surface area contributed by atoms with Crippen molar-refractivity contribution in [1.29, 1.82) is 0 Å². The zero-order chi connectivity index (χ0) is 22.5. The van der Waals surface area contributed by atoms with Gasteiger partial charge in [-0.1, -0.05) is 24.6 Å². The number of nitrogens with zero attached hydrogens (tertiary/aromatic N) is 3. The van der Waals surface area contributed by atoms with Crippen molar-refractivity contribution in [3.8, 4) is 17.0 Å². The van der Waals surface area contributed by atoms with Gasteiger partial charge in [-0.25, -0.2) is 9.37 Å². The second kappa shape index (κ2) is 9.90. The van der Waals surface area contributed by atoms with Crippen molar-refractivity contribution in [2.75, 3.05) is 13.2 Å². The molecule has 1 aromatic carbocycles. The van der Waals surface area contributed by atoms with Crippen LogP contribution in [0.15, 0.2) is 61.1 Å². The number of carbonyl (C=O) groups excluding carboxylic acids is 1. The monoisotopic (exact) mass is 433 g/mol. The lowest BCUT2D eigenvalue weighted by Crippen LogP contribution is -2.49. The summed E-state index contributed by atoms with van der Waals surface area (Å²) in [4.78, 5) is 23.9. The van der Waals surface area contributed by atoms with Crippen LogP contribution in [0.1, 0.15) is 42.1 Å². The van der Waals surface area contributed by atoms with Crippen molar-refractivity contribution in [1.82, 2.24) is 14.9 Å². The van der Waals surface area contributed by atoms with E-state index < -0.39 is 0 Å². The average Bonchev–Trinajstić information content (AvgIpc) is 2.83. The molecule has 1 saturated heterocycles. The molecule has 2 atom stereocenters. The number of piperidine rings is 1. The van der Waals surface area contributed by atoms with Gasteiger partial charge in [0.25, 0.3) is 5.91 Å². The van der Waals surface area contributed by atoms with Crippen molar-refractivity contribution in [2.45, 2.75) is 39.2 Å². The lowest BCUT2D eigenvalue weighted by Gasteiger charge is -2.41. The van der Waals surface area contributed by atoms with Gasteiger partial charge in [0, 0.05) is 42.5 Å². The normalized spacial score (nSPS) is 18.4. The number of hydrogen-bond donors (Lipinski definition) is 0. The van der Waals surface area contributed by atoms with Crippen LogP contribution in [-0.4, -0.2) is 40.0 Å². The first kappa shape index (κ1) is 21.9. The third-order valence-corrected chi connectivity index (χ3v) is 6.14. The van der Waals surface area contributed by atoms with Crippen LogP contribution in [-0.2, 0) is 0 Å². The molecule has 3 aromatic rings. The Balaban J connectivity index is 1.56. The van der Waals surface area contributed by atoms with Gasteiger partial charge in [-0.05, 0) is 61.6 Å². The fourth-order valence-corrected chi connectivity index (χ4v) is 4.55. The molecule has 0 bridgehead atoms.